The van der Waals surface area contributed by atoms with Crippen LogP contribution in [-0.4, -0.2) is 23.5 Å². The quantitative estimate of drug-likeness (QED) is 0.323. The number of rotatable bonds is 4. The number of nitrogens with zero attached hydrogens (tertiary/aromatic N) is 1. The van der Waals surface area contributed by atoms with Crippen LogP contribution in [0.2, 0.25) is 0 Å². The van der Waals surface area contributed by atoms with Gasteiger partial charge in [0.2, 0.25) is 0 Å². The first-order chi connectivity index (χ1) is 12.0. The van der Waals surface area contributed by atoms with Gasteiger partial charge in [0.25, 0.3) is 11.8 Å². The molecule has 0 spiro atoms. The largest absolute Gasteiger partial charge is 0.494 e. The van der Waals surface area contributed by atoms with Crippen LogP contribution in [0.25, 0.3) is 6.08 Å². The van der Waals surface area contributed by atoms with Crippen molar-refractivity contribution < 1.29 is 18.7 Å². The lowest BCUT2D eigenvalue weighted by Crippen LogP contribution is -2.54. The molecule has 128 valence electrons. The van der Waals surface area contributed by atoms with Crippen LogP contribution in [0.3, 0.4) is 0 Å². The van der Waals surface area contributed by atoms with Gasteiger partial charge in [-0.25, -0.2) is 0 Å². The molecule has 0 bridgehead atoms. The van der Waals surface area contributed by atoms with Gasteiger partial charge < -0.3 is 9.15 Å². The number of furan rings is 1. The van der Waals surface area contributed by atoms with Gasteiger partial charge >= 0.3 is 0 Å². The van der Waals surface area contributed by atoms with Gasteiger partial charge in [-0.05, 0) is 72.1 Å². The molecule has 25 heavy (non-hydrogen) atoms. The first-order valence-corrected chi connectivity index (χ1v) is 8.88. The van der Waals surface area contributed by atoms with Gasteiger partial charge in [-0.2, -0.15) is 0 Å². The van der Waals surface area contributed by atoms with Crippen LogP contribution < -0.4 is 15.0 Å². The van der Waals surface area contributed by atoms with Gasteiger partial charge in [0.1, 0.15) is 17.1 Å². The molecule has 1 aromatic carbocycles. The third kappa shape index (κ3) is 3.74. The highest BCUT2D eigenvalue weighted by Gasteiger charge is 2.34. The summed E-state index contributed by atoms with van der Waals surface area (Å²) in [6.45, 7) is 2.37. The molecule has 0 unspecified atom stereocenters. The van der Waals surface area contributed by atoms with E-state index in [1.54, 1.807) is 36.4 Å². The predicted molar refractivity (Wildman–Crippen MR) is 105 cm³/mol. The van der Waals surface area contributed by atoms with Crippen LogP contribution in [-0.2, 0) is 9.59 Å². The zero-order chi connectivity index (χ0) is 18.0. The van der Waals surface area contributed by atoms with Crippen LogP contribution >= 0.6 is 34.8 Å². The number of hydrogen-bond acceptors (Lipinski definition) is 5. The highest BCUT2D eigenvalue weighted by Crippen LogP contribution is 2.26. The second-order valence-electron chi connectivity index (χ2n) is 5.03. The molecule has 2 amide bonds. The summed E-state index contributed by atoms with van der Waals surface area (Å²) in [4.78, 5) is 26.3. The van der Waals surface area contributed by atoms with Crippen molar-refractivity contribution in [3.8, 4) is 5.75 Å². The lowest BCUT2D eigenvalue weighted by Gasteiger charge is -2.29. The molecule has 1 aliphatic rings. The van der Waals surface area contributed by atoms with Crippen LogP contribution in [0.1, 0.15) is 12.7 Å². The zero-order valence-corrected chi connectivity index (χ0v) is 16.1. The van der Waals surface area contributed by atoms with Crippen LogP contribution in [0.4, 0.5) is 5.69 Å². The molecule has 1 N–H and O–H groups in total. The van der Waals surface area contributed by atoms with E-state index in [1.165, 1.54) is 11.0 Å². The average molecular weight is 468 g/mol. The van der Waals surface area contributed by atoms with Crippen LogP contribution in [0, 0.1) is 3.77 Å². The highest BCUT2D eigenvalue weighted by atomic mass is 127. The van der Waals surface area contributed by atoms with E-state index in [9.17, 15) is 9.59 Å². The highest BCUT2D eigenvalue weighted by molar-refractivity contribution is 14.1. The predicted octanol–water partition coefficient (Wildman–Crippen LogP) is 3.11. The van der Waals surface area contributed by atoms with Crippen molar-refractivity contribution >= 4 is 63.5 Å². The Hall–Kier alpha value is -2.20. The Labute approximate surface area is 163 Å². The first-order valence-electron chi connectivity index (χ1n) is 7.39. The van der Waals surface area contributed by atoms with Crippen molar-refractivity contribution in [1.29, 1.82) is 0 Å². The van der Waals surface area contributed by atoms with E-state index in [-0.39, 0.29) is 10.7 Å². The Bertz CT molecular complexity index is 890. The summed E-state index contributed by atoms with van der Waals surface area (Å²) in [5.74, 6) is -0.0511. The Morgan fingerprint density at radius 3 is 2.80 bits per heavy atom. The minimum atomic E-state index is -0.557. The lowest BCUT2D eigenvalue weighted by atomic mass is 10.1. The molecule has 0 radical (unpaired) electrons. The molecule has 3 rings (SSSR count). The Kier molecular flexibility index (Phi) is 5.19. The second-order valence-corrected chi connectivity index (χ2v) is 6.48. The number of amides is 2. The Morgan fingerprint density at radius 2 is 2.12 bits per heavy atom. The van der Waals surface area contributed by atoms with Crippen molar-refractivity contribution in [3.63, 3.8) is 0 Å². The number of carbonyl (C=O) groups excluding carboxylic acids is 2. The third-order valence-corrected chi connectivity index (χ3v) is 4.23. The molecule has 2 heterocycles. The molecule has 1 fully saturated rings. The Morgan fingerprint density at radius 1 is 1.32 bits per heavy atom. The minimum Gasteiger partial charge on any atom is -0.494 e. The summed E-state index contributed by atoms with van der Waals surface area (Å²) < 4.78 is 11.5. The SMILES string of the molecule is CCOc1cccc(N2C(=O)/C(=C/c3ccc(I)o3)C(=O)NC2=S)c1. The molecule has 6 nitrogen and oxygen atoms in total. The van der Waals surface area contributed by atoms with Gasteiger partial charge in [0.15, 0.2) is 8.88 Å². The number of thiocarbonyl (C=S) groups is 1. The van der Waals surface area contributed by atoms with E-state index < -0.39 is 11.8 Å². The number of carbonyl (C=O) groups is 2. The third-order valence-electron chi connectivity index (χ3n) is 3.37. The van der Waals surface area contributed by atoms with Gasteiger partial charge in [-0.1, -0.05) is 6.07 Å². The molecule has 1 aromatic heterocycles. The fourth-order valence-electron chi connectivity index (χ4n) is 2.32. The van der Waals surface area contributed by atoms with Gasteiger partial charge in [-0.15, -0.1) is 0 Å². The fourth-order valence-corrected chi connectivity index (χ4v) is 3.03. The molecule has 8 heteroatoms. The average Bonchev–Trinajstić information content (AvgIpc) is 2.97. The monoisotopic (exact) mass is 468 g/mol. The molecule has 0 saturated carbocycles. The number of nitrogens with one attached hydrogen (secondary N) is 1. The maximum Gasteiger partial charge on any atom is 0.270 e. The van der Waals surface area contributed by atoms with E-state index in [4.69, 9.17) is 21.4 Å². The van der Waals surface area contributed by atoms with Crippen molar-refractivity contribution in [1.82, 2.24) is 5.32 Å². The van der Waals surface area contributed by atoms with E-state index >= 15 is 0 Å². The number of anilines is 1. The number of hydrogen-bond donors (Lipinski definition) is 1. The van der Waals surface area contributed by atoms with Crippen LogP contribution in [0.5, 0.6) is 5.75 Å². The topological polar surface area (TPSA) is 71.8 Å². The normalized spacial score (nSPS) is 16.3. The molecule has 2 aromatic rings. The van der Waals surface area contributed by atoms with E-state index in [0.717, 1.165) is 0 Å². The maximum absolute atomic E-state index is 12.9. The van der Waals surface area contributed by atoms with E-state index in [0.29, 0.717) is 27.6 Å². The lowest BCUT2D eigenvalue weighted by molar-refractivity contribution is -0.122. The van der Waals surface area contributed by atoms with Crippen molar-refractivity contribution in [2.24, 2.45) is 0 Å². The molecular weight excluding hydrogens is 455 g/mol. The zero-order valence-electron chi connectivity index (χ0n) is 13.1. The van der Waals surface area contributed by atoms with Gasteiger partial charge in [0, 0.05) is 6.07 Å². The molecule has 0 aliphatic carbocycles. The van der Waals surface area contributed by atoms with Gasteiger partial charge in [-0.3, -0.25) is 19.8 Å². The molecular formula is C17H13IN2O4S. The maximum atomic E-state index is 12.9. The van der Waals surface area contributed by atoms with Crippen molar-refractivity contribution in [2.45, 2.75) is 6.92 Å². The summed E-state index contributed by atoms with van der Waals surface area (Å²) in [6.07, 6.45) is 1.40. The van der Waals surface area contributed by atoms with E-state index in [1.807, 2.05) is 29.5 Å². The summed E-state index contributed by atoms with van der Waals surface area (Å²) >= 11 is 7.18. The second kappa shape index (κ2) is 7.36. The first kappa shape index (κ1) is 17.6. The molecule has 1 aliphatic heterocycles. The Balaban J connectivity index is 1.98. The van der Waals surface area contributed by atoms with Gasteiger partial charge in [0.05, 0.1) is 12.3 Å². The fraction of sp³-hybridized carbons (Fsp3) is 0.118. The summed E-state index contributed by atoms with van der Waals surface area (Å²) in [5, 5.41) is 2.55. The van der Waals surface area contributed by atoms with Crippen LogP contribution in [0.15, 0.2) is 46.4 Å². The summed E-state index contributed by atoms with van der Waals surface area (Å²) in [7, 11) is 0. The summed E-state index contributed by atoms with van der Waals surface area (Å²) in [6, 6.07) is 10.4. The standard InChI is InChI=1S/C17H13IN2O4S/c1-2-23-11-5-3-4-10(8-11)20-16(22)13(15(21)19-17(20)25)9-12-6-7-14(18)24-12/h3-9H,2H2,1H3,(H,19,21,25)/b13-9+. The number of halogens is 1. The molecule has 1 saturated heterocycles. The number of benzene rings is 1. The smallest absolute Gasteiger partial charge is 0.270 e. The number of ether oxygens (including phenoxy) is 1. The molecule has 0 atom stereocenters. The van der Waals surface area contributed by atoms with E-state index in [2.05, 4.69) is 5.32 Å². The van der Waals surface area contributed by atoms with Crippen molar-refractivity contribution in [3.05, 3.63) is 51.5 Å². The minimum absolute atomic E-state index is 0.0230. The summed E-state index contributed by atoms with van der Waals surface area (Å²) in [5.41, 5.74) is 0.460. The van der Waals surface area contributed by atoms with Crippen molar-refractivity contribution in [2.75, 3.05) is 11.5 Å².